The van der Waals surface area contributed by atoms with Crippen molar-refractivity contribution in [1.29, 1.82) is 0 Å². The molecule has 1 aromatic rings. The molecule has 0 aliphatic carbocycles. The van der Waals surface area contributed by atoms with Crippen LogP contribution in [0.4, 0.5) is 5.69 Å². The lowest BCUT2D eigenvalue weighted by molar-refractivity contribution is 0.501. The smallest absolute Gasteiger partial charge is 0.0851 e. The van der Waals surface area contributed by atoms with Crippen LogP contribution in [0.2, 0.25) is 5.02 Å². The largest absolute Gasteiger partial charge is 0.370 e. The SMILES string of the molecule is Cc1nccc(N2CCC(N)CC2)c1Cl. The summed E-state index contributed by atoms with van der Waals surface area (Å²) in [5.41, 5.74) is 7.86. The van der Waals surface area contributed by atoms with Crippen LogP contribution in [0.3, 0.4) is 0 Å². The van der Waals surface area contributed by atoms with E-state index in [1.807, 2.05) is 19.2 Å². The van der Waals surface area contributed by atoms with Gasteiger partial charge in [-0.15, -0.1) is 0 Å². The quantitative estimate of drug-likeness (QED) is 0.795. The Morgan fingerprint density at radius 1 is 1.47 bits per heavy atom. The van der Waals surface area contributed by atoms with Crippen molar-refractivity contribution in [2.75, 3.05) is 18.0 Å². The molecule has 1 saturated heterocycles. The lowest BCUT2D eigenvalue weighted by Gasteiger charge is -2.32. The number of nitrogens with zero attached hydrogens (tertiary/aromatic N) is 2. The summed E-state index contributed by atoms with van der Waals surface area (Å²) in [7, 11) is 0. The van der Waals surface area contributed by atoms with Crippen LogP contribution in [-0.4, -0.2) is 24.1 Å². The van der Waals surface area contributed by atoms with Crippen LogP contribution < -0.4 is 10.6 Å². The van der Waals surface area contributed by atoms with E-state index < -0.39 is 0 Å². The molecule has 0 aromatic carbocycles. The first-order valence-corrected chi connectivity index (χ1v) is 5.68. The van der Waals surface area contributed by atoms with Crippen molar-refractivity contribution < 1.29 is 0 Å². The third kappa shape index (κ3) is 2.24. The fraction of sp³-hybridized carbons (Fsp3) is 0.545. The first kappa shape index (κ1) is 10.7. The lowest BCUT2D eigenvalue weighted by Crippen LogP contribution is -2.39. The van der Waals surface area contributed by atoms with E-state index >= 15 is 0 Å². The van der Waals surface area contributed by atoms with Gasteiger partial charge in [-0.25, -0.2) is 0 Å². The summed E-state index contributed by atoms with van der Waals surface area (Å²) in [5.74, 6) is 0. The molecule has 1 aliphatic heterocycles. The minimum atomic E-state index is 0.350. The molecule has 0 spiro atoms. The molecule has 2 heterocycles. The molecule has 4 heteroatoms. The maximum absolute atomic E-state index is 6.23. The molecule has 1 aromatic heterocycles. The number of piperidine rings is 1. The summed E-state index contributed by atoms with van der Waals surface area (Å²) < 4.78 is 0. The minimum absolute atomic E-state index is 0.350. The van der Waals surface area contributed by atoms with E-state index in [0.717, 1.165) is 42.3 Å². The summed E-state index contributed by atoms with van der Waals surface area (Å²) in [6.45, 7) is 3.91. The second kappa shape index (κ2) is 4.37. The molecule has 0 unspecified atom stereocenters. The summed E-state index contributed by atoms with van der Waals surface area (Å²) in [6, 6.07) is 2.33. The topological polar surface area (TPSA) is 42.2 Å². The average Bonchev–Trinajstić information content (AvgIpc) is 2.24. The Morgan fingerprint density at radius 3 is 2.80 bits per heavy atom. The number of hydrogen-bond acceptors (Lipinski definition) is 3. The standard InChI is InChI=1S/C11H16ClN3/c1-8-11(12)10(2-5-14-8)15-6-3-9(13)4-7-15/h2,5,9H,3-4,6-7,13H2,1H3. The predicted octanol–water partition coefficient (Wildman–Crippen LogP) is 1.97. The van der Waals surface area contributed by atoms with Crippen LogP contribution in [0.5, 0.6) is 0 Å². The van der Waals surface area contributed by atoms with Gasteiger partial charge in [0.25, 0.3) is 0 Å². The zero-order valence-corrected chi connectivity index (χ0v) is 9.67. The highest BCUT2D eigenvalue weighted by atomic mass is 35.5. The van der Waals surface area contributed by atoms with Crippen LogP contribution in [0.25, 0.3) is 0 Å². The van der Waals surface area contributed by atoms with E-state index in [2.05, 4.69) is 9.88 Å². The molecule has 0 amide bonds. The number of aromatic nitrogens is 1. The summed E-state index contributed by atoms with van der Waals surface area (Å²) in [5, 5.41) is 0.771. The van der Waals surface area contributed by atoms with Gasteiger partial charge in [0, 0.05) is 25.3 Å². The van der Waals surface area contributed by atoms with Crippen molar-refractivity contribution in [1.82, 2.24) is 4.98 Å². The van der Waals surface area contributed by atoms with E-state index in [-0.39, 0.29) is 0 Å². The Kier molecular flexibility index (Phi) is 3.12. The maximum atomic E-state index is 6.23. The highest BCUT2D eigenvalue weighted by Gasteiger charge is 2.18. The monoisotopic (exact) mass is 225 g/mol. The Morgan fingerprint density at radius 2 is 2.13 bits per heavy atom. The van der Waals surface area contributed by atoms with E-state index in [0.29, 0.717) is 6.04 Å². The first-order chi connectivity index (χ1) is 7.18. The van der Waals surface area contributed by atoms with Gasteiger partial charge in [0.05, 0.1) is 16.4 Å². The van der Waals surface area contributed by atoms with Crippen LogP contribution >= 0.6 is 11.6 Å². The molecule has 3 nitrogen and oxygen atoms in total. The number of anilines is 1. The molecule has 2 rings (SSSR count). The summed E-state index contributed by atoms with van der Waals surface area (Å²) >= 11 is 6.23. The van der Waals surface area contributed by atoms with Crippen LogP contribution in [0, 0.1) is 6.92 Å². The van der Waals surface area contributed by atoms with Crippen molar-refractivity contribution in [2.24, 2.45) is 5.73 Å². The molecule has 0 saturated carbocycles. The molecule has 15 heavy (non-hydrogen) atoms. The van der Waals surface area contributed by atoms with Crippen LogP contribution in [-0.2, 0) is 0 Å². The average molecular weight is 226 g/mol. The third-order valence-corrected chi connectivity index (χ3v) is 3.39. The molecule has 0 atom stereocenters. The first-order valence-electron chi connectivity index (χ1n) is 5.30. The molecule has 1 fully saturated rings. The molecule has 1 aliphatic rings. The lowest BCUT2D eigenvalue weighted by atomic mass is 10.1. The van der Waals surface area contributed by atoms with E-state index in [1.54, 1.807) is 0 Å². The highest BCUT2D eigenvalue weighted by Crippen LogP contribution is 2.29. The molecule has 2 N–H and O–H groups in total. The fourth-order valence-electron chi connectivity index (χ4n) is 1.92. The van der Waals surface area contributed by atoms with Crippen LogP contribution in [0.15, 0.2) is 12.3 Å². The molecule has 0 bridgehead atoms. The van der Waals surface area contributed by atoms with Gasteiger partial charge in [0.15, 0.2) is 0 Å². The Labute approximate surface area is 95.2 Å². The van der Waals surface area contributed by atoms with Gasteiger partial charge in [-0.2, -0.15) is 0 Å². The predicted molar refractivity (Wildman–Crippen MR) is 63.4 cm³/mol. The third-order valence-electron chi connectivity index (χ3n) is 2.92. The molecular weight excluding hydrogens is 210 g/mol. The number of pyridine rings is 1. The van der Waals surface area contributed by atoms with Gasteiger partial charge >= 0.3 is 0 Å². The van der Waals surface area contributed by atoms with Gasteiger partial charge in [-0.1, -0.05) is 11.6 Å². The van der Waals surface area contributed by atoms with Crippen LogP contribution in [0.1, 0.15) is 18.5 Å². The van der Waals surface area contributed by atoms with Crippen molar-refractivity contribution >= 4 is 17.3 Å². The molecule has 82 valence electrons. The maximum Gasteiger partial charge on any atom is 0.0851 e. The van der Waals surface area contributed by atoms with Crippen molar-refractivity contribution in [3.63, 3.8) is 0 Å². The second-order valence-electron chi connectivity index (χ2n) is 4.05. The van der Waals surface area contributed by atoms with E-state index in [4.69, 9.17) is 17.3 Å². The van der Waals surface area contributed by atoms with Crippen molar-refractivity contribution in [2.45, 2.75) is 25.8 Å². The normalized spacial score (nSPS) is 18.2. The van der Waals surface area contributed by atoms with Gasteiger partial charge in [0.2, 0.25) is 0 Å². The minimum Gasteiger partial charge on any atom is -0.370 e. The van der Waals surface area contributed by atoms with Crippen molar-refractivity contribution in [3.8, 4) is 0 Å². The van der Waals surface area contributed by atoms with Gasteiger partial charge in [-0.3, -0.25) is 4.98 Å². The summed E-state index contributed by atoms with van der Waals surface area (Å²) in [4.78, 5) is 6.46. The number of hydrogen-bond donors (Lipinski definition) is 1. The zero-order valence-electron chi connectivity index (χ0n) is 8.91. The highest BCUT2D eigenvalue weighted by molar-refractivity contribution is 6.33. The number of nitrogens with two attached hydrogens (primary N) is 1. The number of halogens is 1. The van der Waals surface area contributed by atoms with Gasteiger partial charge < -0.3 is 10.6 Å². The molecular formula is C11H16ClN3. The molecule has 0 radical (unpaired) electrons. The number of rotatable bonds is 1. The Hall–Kier alpha value is -0.800. The second-order valence-corrected chi connectivity index (χ2v) is 4.43. The van der Waals surface area contributed by atoms with Gasteiger partial charge in [0.1, 0.15) is 0 Å². The van der Waals surface area contributed by atoms with E-state index in [1.165, 1.54) is 0 Å². The van der Waals surface area contributed by atoms with Crippen molar-refractivity contribution in [3.05, 3.63) is 23.0 Å². The fourth-order valence-corrected chi connectivity index (χ4v) is 2.15. The Bertz CT molecular complexity index is 346. The van der Waals surface area contributed by atoms with Gasteiger partial charge in [-0.05, 0) is 25.8 Å². The zero-order chi connectivity index (χ0) is 10.8. The summed E-state index contributed by atoms with van der Waals surface area (Å²) in [6.07, 6.45) is 3.89. The Balaban J connectivity index is 2.19. The number of aryl methyl sites for hydroxylation is 1. The van der Waals surface area contributed by atoms with E-state index in [9.17, 15) is 0 Å².